The zero-order valence-corrected chi connectivity index (χ0v) is 14.4. The Hall–Kier alpha value is -1.32. The Bertz CT molecular complexity index is 584. The van der Waals surface area contributed by atoms with Crippen molar-refractivity contribution in [2.45, 2.75) is 39.2 Å². The van der Waals surface area contributed by atoms with Crippen molar-refractivity contribution in [1.29, 1.82) is 0 Å². The lowest BCUT2D eigenvalue weighted by Crippen LogP contribution is -2.36. The molecule has 3 rings (SSSR count). The Morgan fingerprint density at radius 1 is 1.09 bits per heavy atom. The SMILES string of the molecule is CCCOCC1CCN(CCCn2ccc3ccccc32)CC1. The van der Waals surface area contributed by atoms with Crippen molar-refractivity contribution >= 4 is 10.9 Å². The highest BCUT2D eigenvalue weighted by molar-refractivity contribution is 5.79. The second-order valence-electron chi connectivity index (χ2n) is 6.78. The van der Waals surface area contributed by atoms with Gasteiger partial charge in [0.2, 0.25) is 0 Å². The Morgan fingerprint density at radius 2 is 1.91 bits per heavy atom. The third-order valence-electron chi connectivity index (χ3n) is 4.96. The number of rotatable bonds is 8. The number of hydrogen-bond acceptors (Lipinski definition) is 2. The standard InChI is InChI=1S/C20H30N2O/c1-2-16-23-17-18-8-13-21(14-9-18)11-5-12-22-15-10-19-6-3-4-7-20(19)22/h3-4,6-7,10,15,18H,2,5,8-9,11-14,16-17H2,1H3. The van der Waals surface area contributed by atoms with Crippen LogP contribution >= 0.6 is 0 Å². The molecule has 2 heterocycles. The van der Waals surface area contributed by atoms with Crippen LogP contribution in [-0.4, -0.2) is 42.3 Å². The highest BCUT2D eigenvalue weighted by atomic mass is 16.5. The lowest BCUT2D eigenvalue weighted by molar-refractivity contribution is 0.0669. The third kappa shape index (κ3) is 4.58. The van der Waals surface area contributed by atoms with E-state index in [-0.39, 0.29) is 0 Å². The molecule has 0 amide bonds. The first-order valence-electron chi connectivity index (χ1n) is 9.21. The summed E-state index contributed by atoms with van der Waals surface area (Å²) in [6.07, 6.45) is 7.19. The number of likely N-dealkylation sites (tertiary alicyclic amines) is 1. The molecule has 0 N–H and O–H groups in total. The van der Waals surface area contributed by atoms with Crippen LogP contribution in [0.25, 0.3) is 10.9 Å². The van der Waals surface area contributed by atoms with E-state index < -0.39 is 0 Å². The van der Waals surface area contributed by atoms with Crippen LogP contribution in [0.15, 0.2) is 36.5 Å². The molecule has 1 aromatic heterocycles. The minimum atomic E-state index is 0.784. The largest absolute Gasteiger partial charge is 0.381 e. The molecule has 0 saturated carbocycles. The van der Waals surface area contributed by atoms with Crippen LogP contribution < -0.4 is 0 Å². The average Bonchev–Trinajstić information content (AvgIpc) is 3.00. The number of aryl methyl sites for hydroxylation is 1. The van der Waals surface area contributed by atoms with E-state index in [4.69, 9.17) is 4.74 Å². The number of nitrogens with zero attached hydrogens (tertiary/aromatic N) is 2. The van der Waals surface area contributed by atoms with Crippen LogP contribution in [0.4, 0.5) is 0 Å². The molecule has 1 aromatic carbocycles. The van der Waals surface area contributed by atoms with Gasteiger partial charge in [-0.15, -0.1) is 0 Å². The molecule has 0 unspecified atom stereocenters. The summed E-state index contributed by atoms with van der Waals surface area (Å²) in [5.41, 5.74) is 1.36. The second-order valence-corrected chi connectivity index (χ2v) is 6.78. The summed E-state index contributed by atoms with van der Waals surface area (Å²) >= 11 is 0. The Balaban J connectivity index is 1.37. The summed E-state index contributed by atoms with van der Waals surface area (Å²) in [5.74, 6) is 0.784. The summed E-state index contributed by atoms with van der Waals surface area (Å²) in [6.45, 7) is 8.89. The van der Waals surface area contributed by atoms with Gasteiger partial charge in [0.15, 0.2) is 0 Å². The lowest BCUT2D eigenvalue weighted by Gasteiger charge is -2.31. The minimum absolute atomic E-state index is 0.784. The quantitative estimate of drug-likeness (QED) is 0.680. The van der Waals surface area contributed by atoms with Crippen molar-refractivity contribution in [3.63, 3.8) is 0 Å². The fourth-order valence-electron chi connectivity index (χ4n) is 3.57. The molecule has 3 nitrogen and oxygen atoms in total. The number of ether oxygens (including phenoxy) is 1. The summed E-state index contributed by atoms with van der Waals surface area (Å²) in [7, 11) is 0. The van der Waals surface area contributed by atoms with E-state index in [9.17, 15) is 0 Å². The van der Waals surface area contributed by atoms with E-state index in [1.54, 1.807) is 0 Å². The van der Waals surface area contributed by atoms with E-state index in [2.05, 4.69) is 52.9 Å². The molecule has 126 valence electrons. The van der Waals surface area contributed by atoms with Gasteiger partial charge in [0, 0.05) is 31.5 Å². The smallest absolute Gasteiger partial charge is 0.0495 e. The monoisotopic (exact) mass is 314 g/mol. The zero-order valence-electron chi connectivity index (χ0n) is 14.4. The number of piperidine rings is 1. The Labute approximate surface area is 140 Å². The Morgan fingerprint density at radius 3 is 2.74 bits per heavy atom. The maximum absolute atomic E-state index is 5.71. The average molecular weight is 314 g/mol. The number of aromatic nitrogens is 1. The zero-order chi connectivity index (χ0) is 15.9. The number of benzene rings is 1. The summed E-state index contributed by atoms with van der Waals surface area (Å²) in [5, 5.41) is 1.35. The molecule has 2 aromatic rings. The molecular weight excluding hydrogens is 284 g/mol. The van der Waals surface area contributed by atoms with Gasteiger partial charge in [0.25, 0.3) is 0 Å². The molecule has 23 heavy (non-hydrogen) atoms. The number of fused-ring (bicyclic) bond motifs is 1. The second kappa shape index (κ2) is 8.51. The molecule has 1 fully saturated rings. The molecule has 1 saturated heterocycles. The van der Waals surface area contributed by atoms with Crippen molar-refractivity contribution in [2.24, 2.45) is 5.92 Å². The first-order valence-corrected chi connectivity index (χ1v) is 9.21. The fraction of sp³-hybridized carbons (Fsp3) is 0.600. The third-order valence-corrected chi connectivity index (χ3v) is 4.96. The Kier molecular flexibility index (Phi) is 6.12. The van der Waals surface area contributed by atoms with E-state index in [0.29, 0.717) is 0 Å². The van der Waals surface area contributed by atoms with Crippen molar-refractivity contribution in [3.05, 3.63) is 36.5 Å². The molecule has 0 spiro atoms. The molecular formula is C20H30N2O. The predicted octanol–water partition coefficient (Wildman–Crippen LogP) is 4.17. The van der Waals surface area contributed by atoms with E-state index in [1.807, 2.05) is 0 Å². The summed E-state index contributed by atoms with van der Waals surface area (Å²) in [6, 6.07) is 10.9. The van der Waals surface area contributed by atoms with Gasteiger partial charge in [-0.25, -0.2) is 0 Å². The molecule has 1 aliphatic heterocycles. The molecule has 0 atom stereocenters. The summed E-state index contributed by atoms with van der Waals surface area (Å²) < 4.78 is 8.10. The van der Waals surface area contributed by atoms with Gasteiger partial charge < -0.3 is 14.2 Å². The van der Waals surface area contributed by atoms with Gasteiger partial charge in [0.1, 0.15) is 0 Å². The lowest BCUT2D eigenvalue weighted by atomic mass is 9.98. The van der Waals surface area contributed by atoms with E-state index in [1.165, 1.54) is 49.8 Å². The van der Waals surface area contributed by atoms with Crippen molar-refractivity contribution in [2.75, 3.05) is 32.8 Å². The van der Waals surface area contributed by atoms with Crippen LogP contribution in [0, 0.1) is 5.92 Å². The molecule has 3 heteroatoms. The highest BCUT2D eigenvalue weighted by Gasteiger charge is 2.18. The van der Waals surface area contributed by atoms with Crippen LogP contribution in [0.1, 0.15) is 32.6 Å². The summed E-state index contributed by atoms with van der Waals surface area (Å²) in [4.78, 5) is 2.63. The van der Waals surface area contributed by atoms with Gasteiger partial charge >= 0.3 is 0 Å². The number of hydrogen-bond donors (Lipinski definition) is 0. The molecule has 0 radical (unpaired) electrons. The fourth-order valence-corrected chi connectivity index (χ4v) is 3.57. The predicted molar refractivity (Wildman–Crippen MR) is 96.8 cm³/mol. The van der Waals surface area contributed by atoms with Crippen LogP contribution in [-0.2, 0) is 11.3 Å². The first-order chi connectivity index (χ1) is 11.4. The van der Waals surface area contributed by atoms with Gasteiger partial charge in [-0.3, -0.25) is 0 Å². The van der Waals surface area contributed by atoms with Crippen molar-refractivity contribution in [3.8, 4) is 0 Å². The molecule has 0 aliphatic carbocycles. The van der Waals surface area contributed by atoms with E-state index >= 15 is 0 Å². The maximum Gasteiger partial charge on any atom is 0.0495 e. The van der Waals surface area contributed by atoms with Gasteiger partial charge in [0.05, 0.1) is 0 Å². The number of para-hydroxylation sites is 1. The first kappa shape index (κ1) is 16.5. The van der Waals surface area contributed by atoms with Crippen molar-refractivity contribution < 1.29 is 4.74 Å². The topological polar surface area (TPSA) is 17.4 Å². The normalized spacial score (nSPS) is 17.1. The minimum Gasteiger partial charge on any atom is -0.381 e. The van der Waals surface area contributed by atoms with Crippen molar-refractivity contribution in [1.82, 2.24) is 9.47 Å². The highest BCUT2D eigenvalue weighted by Crippen LogP contribution is 2.19. The van der Waals surface area contributed by atoms with Gasteiger partial charge in [-0.05, 0) is 68.8 Å². The van der Waals surface area contributed by atoms with E-state index in [0.717, 1.165) is 32.1 Å². The maximum atomic E-state index is 5.71. The molecule has 0 bridgehead atoms. The molecule has 1 aliphatic rings. The van der Waals surface area contributed by atoms with Crippen LogP contribution in [0.5, 0.6) is 0 Å². The van der Waals surface area contributed by atoms with Crippen LogP contribution in [0.3, 0.4) is 0 Å². The van der Waals surface area contributed by atoms with Gasteiger partial charge in [-0.1, -0.05) is 25.1 Å². The van der Waals surface area contributed by atoms with Gasteiger partial charge in [-0.2, -0.15) is 0 Å². The van der Waals surface area contributed by atoms with Crippen LogP contribution in [0.2, 0.25) is 0 Å².